The molecule has 0 spiro atoms. The van der Waals surface area contributed by atoms with Gasteiger partial charge in [-0.3, -0.25) is 14.4 Å². The van der Waals surface area contributed by atoms with Crippen molar-refractivity contribution in [2.24, 2.45) is 5.92 Å². The summed E-state index contributed by atoms with van der Waals surface area (Å²) in [5, 5.41) is 5.78. The molecule has 1 aliphatic carbocycles. The van der Waals surface area contributed by atoms with Crippen molar-refractivity contribution >= 4 is 23.4 Å². The van der Waals surface area contributed by atoms with Crippen LogP contribution < -0.4 is 10.6 Å². The molecule has 6 heteroatoms. The second-order valence-electron chi connectivity index (χ2n) is 6.97. The molecule has 2 fully saturated rings. The third kappa shape index (κ3) is 4.71. The van der Waals surface area contributed by atoms with Crippen LogP contribution in [0.2, 0.25) is 0 Å². The molecule has 0 bridgehead atoms. The van der Waals surface area contributed by atoms with Crippen molar-refractivity contribution in [2.45, 2.75) is 38.1 Å². The van der Waals surface area contributed by atoms with Crippen LogP contribution in [0.25, 0.3) is 0 Å². The van der Waals surface area contributed by atoms with Gasteiger partial charge in [-0.05, 0) is 43.4 Å². The summed E-state index contributed by atoms with van der Waals surface area (Å²) >= 11 is 0. The van der Waals surface area contributed by atoms with E-state index in [2.05, 4.69) is 17.2 Å². The van der Waals surface area contributed by atoms with Crippen LogP contribution in [0.5, 0.6) is 0 Å². The zero-order valence-electron chi connectivity index (χ0n) is 14.9. The van der Waals surface area contributed by atoms with Crippen molar-refractivity contribution in [3.05, 3.63) is 42.5 Å². The number of para-hydroxylation sites is 1. The second-order valence-corrected chi connectivity index (χ2v) is 6.97. The molecule has 1 aliphatic heterocycles. The average molecular weight is 355 g/mol. The number of nitrogens with zero attached hydrogens (tertiary/aromatic N) is 1. The van der Waals surface area contributed by atoms with E-state index >= 15 is 0 Å². The van der Waals surface area contributed by atoms with Crippen molar-refractivity contribution in [1.82, 2.24) is 10.2 Å². The second kappa shape index (κ2) is 8.17. The number of hydrogen-bond donors (Lipinski definition) is 2. The third-order valence-corrected chi connectivity index (χ3v) is 4.94. The monoisotopic (exact) mass is 355 g/mol. The predicted molar refractivity (Wildman–Crippen MR) is 99.4 cm³/mol. The summed E-state index contributed by atoms with van der Waals surface area (Å²) in [4.78, 5) is 38.1. The molecule has 2 aliphatic rings. The minimum absolute atomic E-state index is 0.0128. The molecule has 0 unspecified atom stereocenters. The molecule has 1 saturated carbocycles. The number of carbonyl (C=O) groups is 3. The van der Waals surface area contributed by atoms with Gasteiger partial charge in [0, 0.05) is 30.7 Å². The van der Waals surface area contributed by atoms with Gasteiger partial charge in [0.25, 0.3) is 0 Å². The van der Waals surface area contributed by atoms with Gasteiger partial charge < -0.3 is 15.5 Å². The number of amides is 3. The summed E-state index contributed by atoms with van der Waals surface area (Å²) < 4.78 is 0. The van der Waals surface area contributed by atoms with Crippen LogP contribution in [0.3, 0.4) is 0 Å². The molecule has 26 heavy (non-hydrogen) atoms. The van der Waals surface area contributed by atoms with Gasteiger partial charge in [-0.2, -0.15) is 0 Å². The zero-order chi connectivity index (χ0) is 18.5. The topological polar surface area (TPSA) is 78.5 Å². The van der Waals surface area contributed by atoms with Crippen molar-refractivity contribution in [3.63, 3.8) is 0 Å². The largest absolute Gasteiger partial charge is 0.353 e. The lowest BCUT2D eigenvalue weighted by Gasteiger charge is -2.31. The minimum Gasteiger partial charge on any atom is -0.353 e. The first-order valence-corrected chi connectivity index (χ1v) is 9.16. The van der Waals surface area contributed by atoms with Crippen LogP contribution in [0.15, 0.2) is 36.9 Å². The molecule has 3 rings (SSSR count). The summed E-state index contributed by atoms with van der Waals surface area (Å²) in [6, 6.07) is 7.66. The van der Waals surface area contributed by atoms with Gasteiger partial charge in [-0.15, -0.1) is 0 Å². The van der Waals surface area contributed by atoms with E-state index in [-0.39, 0.29) is 30.1 Å². The van der Waals surface area contributed by atoms with Crippen molar-refractivity contribution in [2.75, 3.05) is 18.4 Å². The van der Waals surface area contributed by atoms with Crippen molar-refractivity contribution in [1.29, 1.82) is 0 Å². The molecular weight excluding hydrogens is 330 g/mol. The molecule has 1 saturated heterocycles. The Morgan fingerprint density at radius 3 is 2.46 bits per heavy atom. The van der Waals surface area contributed by atoms with Gasteiger partial charge in [-0.25, -0.2) is 0 Å². The highest BCUT2D eigenvalue weighted by molar-refractivity contribution is 5.99. The fraction of sp³-hybridized carbons (Fsp3) is 0.450. The Labute approximate surface area is 153 Å². The Morgan fingerprint density at radius 1 is 1.12 bits per heavy atom. The van der Waals surface area contributed by atoms with Gasteiger partial charge in [0.15, 0.2) is 0 Å². The van der Waals surface area contributed by atoms with E-state index in [1.165, 1.54) is 6.08 Å². The number of rotatable bonds is 6. The van der Waals surface area contributed by atoms with Crippen LogP contribution in [0, 0.1) is 5.92 Å². The lowest BCUT2D eigenvalue weighted by Crippen LogP contribution is -2.44. The van der Waals surface area contributed by atoms with Crippen LogP contribution in [-0.2, 0) is 20.8 Å². The summed E-state index contributed by atoms with van der Waals surface area (Å²) in [5.41, 5.74) is 1.41. The number of hydrogen-bond acceptors (Lipinski definition) is 3. The zero-order valence-corrected chi connectivity index (χ0v) is 14.9. The summed E-state index contributed by atoms with van der Waals surface area (Å²) in [7, 11) is 0. The molecule has 1 aromatic rings. The first kappa shape index (κ1) is 18.2. The Bertz CT molecular complexity index is 704. The maximum absolute atomic E-state index is 12.6. The molecule has 0 atom stereocenters. The Hall–Kier alpha value is -2.63. The number of anilines is 1. The van der Waals surface area contributed by atoms with Gasteiger partial charge >= 0.3 is 0 Å². The van der Waals surface area contributed by atoms with E-state index in [0.717, 1.165) is 18.4 Å². The van der Waals surface area contributed by atoms with E-state index < -0.39 is 0 Å². The molecule has 0 radical (unpaired) electrons. The summed E-state index contributed by atoms with van der Waals surface area (Å²) in [5.74, 6) is -0.130. The average Bonchev–Trinajstić information content (AvgIpc) is 3.47. The number of likely N-dealkylation sites (tertiary alicyclic amines) is 1. The number of piperidine rings is 1. The quantitative estimate of drug-likeness (QED) is 0.765. The molecule has 3 amide bonds. The van der Waals surface area contributed by atoms with E-state index in [9.17, 15) is 14.4 Å². The van der Waals surface area contributed by atoms with Crippen molar-refractivity contribution < 1.29 is 14.4 Å². The highest BCUT2D eigenvalue weighted by Gasteiger charge is 2.31. The Balaban J connectivity index is 1.53. The smallest absolute Gasteiger partial charge is 0.247 e. The predicted octanol–water partition coefficient (Wildman–Crippen LogP) is 1.87. The van der Waals surface area contributed by atoms with Gasteiger partial charge in [0.1, 0.15) is 0 Å². The first-order valence-electron chi connectivity index (χ1n) is 9.16. The fourth-order valence-corrected chi connectivity index (χ4v) is 3.19. The number of carbonyl (C=O) groups excluding carboxylic acids is 3. The van der Waals surface area contributed by atoms with E-state index in [4.69, 9.17) is 0 Å². The highest BCUT2D eigenvalue weighted by atomic mass is 16.2. The van der Waals surface area contributed by atoms with Crippen LogP contribution in [-0.4, -0.2) is 41.8 Å². The number of benzene rings is 1. The SMILES string of the molecule is C=CC(=O)Nc1ccccc1CC(=O)N1CCC(C(=O)NC2CC2)CC1. The molecule has 0 aromatic heterocycles. The van der Waals surface area contributed by atoms with Gasteiger partial charge in [0.05, 0.1) is 6.42 Å². The molecule has 1 aromatic carbocycles. The van der Waals surface area contributed by atoms with E-state index in [1.807, 2.05) is 23.1 Å². The van der Waals surface area contributed by atoms with Crippen LogP contribution >= 0.6 is 0 Å². The summed E-state index contributed by atoms with van der Waals surface area (Å²) in [6.45, 7) is 4.64. The molecule has 138 valence electrons. The van der Waals surface area contributed by atoms with E-state index in [0.29, 0.717) is 37.7 Å². The maximum atomic E-state index is 12.6. The maximum Gasteiger partial charge on any atom is 0.247 e. The minimum atomic E-state index is -0.299. The third-order valence-electron chi connectivity index (χ3n) is 4.94. The van der Waals surface area contributed by atoms with Crippen molar-refractivity contribution in [3.8, 4) is 0 Å². The normalized spacial score (nSPS) is 17.5. The molecule has 2 N–H and O–H groups in total. The standard InChI is InChI=1S/C20H25N3O3/c1-2-18(24)22-17-6-4-3-5-15(17)13-19(25)23-11-9-14(10-12-23)20(26)21-16-7-8-16/h2-6,14,16H,1,7-13H2,(H,21,26)(H,22,24). The van der Waals surface area contributed by atoms with E-state index in [1.54, 1.807) is 6.07 Å². The van der Waals surface area contributed by atoms with Crippen LogP contribution in [0.1, 0.15) is 31.2 Å². The van der Waals surface area contributed by atoms with Crippen LogP contribution in [0.4, 0.5) is 5.69 Å². The molecular formula is C20H25N3O3. The Kier molecular flexibility index (Phi) is 5.71. The molecule has 1 heterocycles. The van der Waals surface area contributed by atoms with Gasteiger partial charge in [0.2, 0.25) is 17.7 Å². The van der Waals surface area contributed by atoms with Gasteiger partial charge in [-0.1, -0.05) is 24.8 Å². The lowest BCUT2D eigenvalue weighted by atomic mass is 9.95. The lowest BCUT2D eigenvalue weighted by molar-refractivity contribution is -0.135. The fourth-order valence-electron chi connectivity index (χ4n) is 3.19. The Morgan fingerprint density at radius 2 is 1.81 bits per heavy atom. The summed E-state index contributed by atoms with van der Waals surface area (Å²) in [6.07, 6.45) is 5.02. The highest BCUT2D eigenvalue weighted by Crippen LogP contribution is 2.23. The number of nitrogens with one attached hydrogen (secondary N) is 2. The first-order chi connectivity index (χ1) is 12.6. The molecule has 6 nitrogen and oxygen atoms in total.